The Kier molecular flexibility index (Phi) is 10.0. The summed E-state index contributed by atoms with van der Waals surface area (Å²) in [4.78, 5) is 9.38. The fourth-order valence-electron chi connectivity index (χ4n) is 0. The van der Waals surface area contributed by atoms with Crippen LogP contribution in [0.3, 0.4) is 0 Å². The third-order valence-corrected chi connectivity index (χ3v) is 0.479. The summed E-state index contributed by atoms with van der Waals surface area (Å²) >= 11 is 6.25. The molecule has 0 aliphatic heterocycles. The van der Waals surface area contributed by atoms with Gasteiger partial charge < -0.3 is 4.18 Å². The molecule has 0 aliphatic rings. The van der Waals surface area contributed by atoms with E-state index in [0.717, 1.165) is 0 Å². The zero-order chi connectivity index (χ0) is 4.28. The monoisotopic (exact) mass is 230 g/mol. The molecular formula is CH2O2S2Sn. The molecule has 0 saturated heterocycles. The minimum atomic E-state index is -0.687. The van der Waals surface area contributed by atoms with E-state index in [1.807, 2.05) is 0 Å². The predicted octanol–water partition coefficient (Wildman–Crippen LogP) is 0.517. The maximum absolute atomic E-state index is 9.38. The summed E-state index contributed by atoms with van der Waals surface area (Å²) in [6, 6.07) is 0. The van der Waals surface area contributed by atoms with Crippen molar-refractivity contribution in [2.45, 2.75) is 0 Å². The standard InChI is InChI=1S/CH2O2S2.Sn/c2-1(4)3-5;/h5H,(H,2,4);. The third kappa shape index (κ3) is 8.88. The minimum absolute atomic E-state index is 0. The molecule has 0 N–H and O–H groups in total. The van der Waals surface area contributed by atoms with E-state index in [4.69, 9.17) is 0 Å². The van der Waals surface area contributed by atoms with Gasteiger partial charge in [-0.25, -0.2) is 4.79 Å². The summed E-state index contributed by atoms with van der Waals surface area (Å²) in [6.07, 6.45) is 0. The fraction of sp³-hybridized carbons (Fsp3) is 0. The summed E-state index contributed by atoms with van der Waals surface area (Å²) in [5.41, 5.74) is 0. The van der Waals surface area contributed by atoms with Gasteiger partial charge in [0.15, 0.2) is 0 Å². The molecule has 0 unspecified atom stereocenters. The molecule has 0 aromatic carbocycles. The van der Waals surface area contributed by atoms with Crippen molar-refractivity contribution in [3.05, 3.63) is 0 Å². The largest absolute Gasteiger partial charge is 0.387 e. The number of thiol groups is 2. The quantitative estimate of drug-likeness (QED) is 0.359. The third-order valence-electron chi connectivity index (χ3n) is 0.0781. The van der Waals surface area contributed by atoms with E-state index >= 15 is 0 Å². The molecule has 0 aromatic heterocycles. The first-order chi connectivity index (χ1) is 2.27. The average molecular weight is 229 g/mol. The van der Waals surface area contributed by atoms with Gasteiger partial charge in [0.25, 0.3) is 0 Å². The van der Waals surface area contributed by atoms with E-state index in [0.29, 0.717) is 0 Å². The van der Waals surface area contributed by atoms with Crippen LogP contribution in [0.15, 0.2) is 0 Å². The molecule has 0 bridgehead atoms. The maximum atomic E-state index is 9.38. The zero-order valence-electron chi connectivity index (χ0n) is 2.71. The maximum Gasteiger partial charge on any atom is 0.376 e. The molecule has 2 nitrogen and oxygen atoms in total. The number of hydrogen-bond acceptors (Lipinski definition) is 3. The van der Waals surface area contributed by atoms with Crippen molar-refractivity contribution in [2.75, 3.05) is 0 Å². The van der Waals surface area contributed by atoms with Gasteiger partial charge in [-0.05, 0) is 0 Å². The SMILES string of the molecule is O=C(S)OS.[Sn]. The van der Waals surface area contributed by atoms with Crippen LogP contribution >= 0.6 is 25.5 Å². The van der Waals surface area contributed by atoms with Crippen LogP contribution in [0, 0.1) is 0 Å². The fourth-order valence-corrected chi connectivity index (χ4v) is 0. The number of hydrogen-bond donors (Lipinski definition) is 2. The van der Waals surface area contributed by atoms with E-state index in [1.54, 1.807) is 0 Å². The first-order valence-electron chi connectivity index (χ1n) is 0.814. The van der Waals surface area contributed by atoms with E-state index in [2.05, 4.69) is 29.7 Å². The topological polar surface area (TPSA) is 26.3 Å². The first kappa shape index (κ1) is 10.1. The Balaban J connectivity index is 0. The zero-order valence-corrected chi connectivity index (χ0v) is 7.35. The van der Waals surface area contributed by atoms with Gasteiger partial charge in [-0.1, -0.05) is 12.6 Å². The van der Waals surface area contributed by atoms with Gasteiger partial charge >= 0.3 is 5.30 Å². The Morgan fingerprint density at radius 2 is 1.83 bits per heavy atom. The van der Waals surface area contributed by atoms with Crippen molar-refractivity contribution in [3.63, 3.8) is 0 Å². The van der Waals surface area contributed by atoms with Crippen LogP contribution in [0.5, 0.6) is 0 Å². The molecule has 0 aromatic rings. The first-order valence-corrected chi connectivity index (χ1v) is 1.63. The van der Waals surface area contributed by atoms with Crippen LogP contribution in [-0.4, -0.2) is 29.2 Å². The average Bonchev–Trinajstić information content (AvgIpc) is 1.38. The second-order valence-corrected chi connectivity index (χ2v) is 0.905. The molecule has 0 amide bonds. The molecule has 0 spiro atoms. The Hall–Kier alpha value is 0.969. The molecule has 6 heavy (non-hydrogen) atoms. The summed E-state index contributed by atoms with van der Waals surface area (Å²) in [5, 5.41) is -0.687. The van der Waals surface area contributed by atoms with Crippen LogP contribution in [-0.2, 0) is 4.18 Å². The van der Waals surface area contributed by atoms with Crippen molar-refractivity contribution in [1.29, 1.82) is 0 Å². The second kappa shape index (κ2) is 5.97. The normalized spacial score (nSPS) is 5.67. The van der Waals surface area contributed by atoms with E-state index in [-0.39, 0.29) is 23.9 Å². The minimum Gasteiger partial charge on any atom is -0.387 e. The van der Waals surface area contributed by atoms with E-state index in [1.165, 1.54) is 0 Å². The van der Waals surface area contributed by atoms with Gasteiger partial charge in [-0.15, -0.1) is 0 Å². The van der Waals surface area contributed by atoms with Crippen molar-refractivity contribution in [3.8, 4) is 0 Å². The van der Waals surface area contributed by atoms with Crippen molar-refractivity contribution < 1.29 is 8.98 Å². The summed E-state index contributed by atoms with van der Waals surface area (Å²) in [5.74, 6) is 0. The van der Waals surface area contributed by atoms with Crippen molar-refractivity contribution in [1.82, 2.24) is 0 Å². The van der Waals surface area contributed by atoms with Crippen molar-refractivity contribution in [2.24, 2.45) is 0 Å². The van der Waals surface area contributed by atoms with Gasteiger partial charge in [0.05, 0.1) is 0 Å². The molecule has 0 atom stereocenters. The Morgan fingerprint density at radius 1 is 1.67 bits per heavy atom. The molecule has 0 rings (SSSR count). The molecule has 5 heteroatoms. The molecule has 4 radical (unpaired) electrons. The predicted molar refractivity (Wildman–Crippen MR) is 30.2 cm³/mol. The van der Waals surface area contributed by atoms with Gasteiger partial charge in [-0.2, -0.15) is 0 Å². The van der Waals surface area contributed by atoms with Gasteiger partial charge in [-0.3, -0.25) is 0 Å². The van der Waals surface area contributed by atoms with Crippen LogP contribution in [0.1, 0.15) is 0 Å². The Labute approximate surface area is 63.6 Å². The Bertz CT molecular complexity index is 46.8. The van der Waals surface area contributed by atoms with E-state index < -0.39 is 5.30 Å². The summed E-state index contributed by atoms with van der Waals surface area (Å²) in [6.45, 7) is 0. The van der Waals surface area contributed by atoms with Crippen LogP contribution in [0.2, 0.25) is 0 Å². The number of carbonyl (C=O) groups is 1. The molecule has 0 saturated carbocycles. The summed E-state index contributed by atoms with van der Waals surface area (Å²) < 4.78 is 3.67. The molecule has 0 heterocycles. The number of rotatable bonds is 0. The summed E-state index contributed by atoms with van der Waals surface area (Å²) in [7, 11) is 0. The smallest absolute Gasteiger partial charge is 0.376 e. The van der Waals surface area contributed by atoms with Gasteiger partial charge in [0, 0.05) is 36.8 Å². The van der Waals surface area contributed by atoms with E-state index in [9.17, 15) is 4.79 Å². The van der Waals surface area contributed by atoms with Gasteiger partial charge in [0.2, 0.25) is 0 Å². The van der Waals surface area contributed by atoms with Crippen molar-refractivity contribution >= 4 is 54.7 Å². The van der Waals surface area contributed by atoms with Gasteiger partial charge in [0.1, 0.15) is 0 Å². The molecular weight excluding hydrogens is 227 g/mol. The molecule has 0 fully saturated rings. The molecule has 0 aliphatic carbocycles. The Morgan fingerprint density at radius 3 is 1.83 bits per heavy atom. The van der Waals surface area contributed by atoms with Crippen LogP contribution in [0.4, 0.5) is 4.79 Å². The molecule has 34 valence electrons. The number of carbonyl (C=O) groups excluding carboxylic acids is 1. The van der Waals surface area contributed by atoms with Crippen LogP contribution in [0.25, 0.3) is 0 Å². The second-order valence-electron chi connectivity index (χ2n) is 0.357. The van der Waals surface area contributed by atoms with Crippen LogP contribution < -0.4 is 0 Å².